The van der Waals surface area contributed by atoms with Crippen molar-refractivity contribution in [2.45, 2.75) is 37.1 Å². The van der Waals surface area contributed by atoms with Gasteiger partial charge < -0.3 is 9.84 Å². The van der Waals surface area contributed by atoms with Crippen LogP contribution >= 0.6 is 15.9 Å². The van der Waals surface area contributed by atoms with E-state index in [-0.39, 0.29) is 10.6 Å². The SMILES string of the molecule is CCCC(Br)C(O)c1cccc(OC(F)(F)F)c1. The summed E-state index contributed by atoms with van der Waals surface area (Å²) in [7, 11) is 0. The molecule has 0 radical (unpaired) electrons. The first-order chi connectivity index (χ1) is 8.33. The Morgan fingerprint density at radius 2 is 2.06 bits per heavy atom. The lowest BCUT2D eigenvalue weighted by atomic mass is 10.0. The van der Waals surface area contributed by atoms with Gasteiger partial charge in [-0.05, 0) is 24.1 Å². The summed E-state index contributed by atoms with van der Waals surface area (Å²) < 4.78 is 40.0. The maximum atomic E-state index is 12.1. The lowest BCUT2D eigenvalue weighted by Gasteiger charge is -2.18. The molecule has 0 aromatic heterocycles. The molecule has 6 heteroatoms. The number of aliphatic hydroxyl groups is 1. The van der Waals surface area contributed by atoms with E-state index < -0.39 is 12.5 Å². The minimum atomic E-state index is -4.72. The quantitative estimate of drug-likeness (QED) is 0.822. The number of ether oxygens (including phenoxy) is 1. The van der Waals surface area contributed by atoms with Crippen molar-refractivity contribution in [3.63, 3.8) is 0 Å². The minimum Gasteiger partial charge on any atom is -0.406 e. The average molecular weight is 327 g/mol. The monoisotopic (exact) mass is 326 g/mol. The Labute approximate surface area is 112 Å². The van der Waals surface area contributed by atoms with E-state index in [1.165, 1.54) is 18.2 Å². The fourth-order valence-electron chi connectivity index (χ4n) is 1.54. The maximum absolute atomic E-state index is 12.1. The molecule has 2 atom stereocenters. The van der Waals surface area contributed by atoms with Crippen LogP contribution in [-0.4, -0.2) is 16.3 Å². The van der Waals surface area contributed by atoms with Crippen molar-refractivity contribution >= 4 is 15.9 Å². The summed E-state index contributed by atoms with van der Waals surface area (Å²) in [5.41, 5.74) is 0.395. The Hall–Kier alpha value is -0.750. The molecule has 0 spiro atoms. The zero-order valence-electron chi connectivity index (χ0n) is 9.75. The molecule has 18 heavy (non-hydrogen) atoms. The lowest BCUT2D eigenvalue weighted by Crippen LogP contribution is -2.17. The Morgan fingerprint density at radius 3 is 2.61 bits per heavy atom. The molecule has 0 saturated carbocycles. The van der Waals surface area contributed by atoms with E-state index in [2.05, 4.69) is 20.7 Å². The van der Waals surface area contributed by atoms with Crippen LogP contribution in [0.2, 0.25) is 0 Å². The number of hydrogen-bond donors (Lipinski definition) is 1. The molecule has 2 unspecified atom stereocenters. The van der Waals surface area contributed by atoms with E-state index in [0.29, 0.717) is 5.56 Å². The van der Waals surface area contributed by atoms with Crippen molar-refractivity contribution in [2.24, 2.45) is 0 Å². The van der Waals surface area contributed by atoms with Crippen LogP contribution in [0.25, 0.3) is 0 Å². The third-order valence-electron chi connectivity index (χ3n) is 2.34. The van der Waals surface area contributed by atoms with Crippen LogP contribution in [0.15, 0.2) is 24.3 Å². The van der Waals surface area contributed by atoms with Gasteiger partial charge in [-0.3, -0.25) is 0 Å². The van der Waals surface area contributed by atoms with Gasteiger partial charge in [0.05, 0.1) is 6.10 Å². The summed E-state index contributed by atoms with van der Waals surface area (Å²) in [6, 6.07) is 5.39. The van der Waals surface area contributed by atoms with E-state index in [4.69, 9.17) is 0 Å². The molecule has 2 nitrogen and oxygen atoms in total. The van der Waals surface area contributed by atoms with Crippen LogP contribution in [0, 0.1) is 0 Å². The molecule has 0 heterocycles. The zero-order chi connectivity index (χ0) is 13.8. The van der Waals surface area contributed by atoms with Gasteiger partial charge >= 0.3 is 6.36 Å². The summed E-state index contributed by atoms with van der Waals surface area (Å²) in [4.78, 5) is -0.191. The van der Waals surface area contributed by atoms with Gasteiger partial charge in [0, 0.05) is 4.83 Å². The van der Waals surface area contributed by atoms with E-state index in [1.807, 2.05) is 6.92 Å². The molecule has 1 N–H and O–H groups in total. The average Bonchev–Trinajstić information content (AvgIpc) is 2.26. The van der Waals surface area contributed by atoms with E-state index >= 15 is 0 Å². The van der Waals surface area contributed by atoms with Crippen molar-refractivity contribution in [1.29, 1.82) is 0 Å². The summed E-state index contributed by atoms with van der Waals surface area (Å²) in [5, 5.41) is 9.96. The molecular formula is C12H14BrF3O2. The highest BCUT2D eigenvalue weighted by atomic mass is 79.9. The number of rotatable bonds is 5. The smallest absolute Gasteiger partial charge is 0.406 e. The van der Waals surface area contributed by atoms with Gasteiger partial charge in [-0.25, -0.2) is 0 Å². The topological polar surface area (TPSA) is 29.5 Å². The van der Waals surface area contributed by atoms with Gasteiger partial charge in [-0.1, -0.05) is 41.4 Å². The van der Waals surface area contributed by atoms with Gasteiger partial charge in [-0.2, -0.15) is 0 Å². The fourth-order valence-corrected chi connectivity index (χ4v) is 2.30. The molecule has 0 aliphatic rings. The fraction of sp³-hybridized carbons (Fsp3) is 0.500. The second-order valence-electron chi connectivity index (χ2n) is 3.87. The van der Waals surface area contributed by atoms with Gasteiger partial charge in [0.2, 0.25) is 0 Å². The first kappa shape index (κ1) is 15.3. The minimum absolute atomic E-state index is 0.191. The number of aliphatic hydroxyl groups excluding tert-OH is 1. The van der Waals surface area contributed by atoms with Crippen LogP contribution < -0.4 is 4.74 Å². The standard InChI is InChI=1S/C12H14BrF3O2/c1-2-4-10(13)11(17)8-5-3-6-9(7-8)18-12(14,15)16/h3,5-7,10-11,17H,2,4H2,1H3. The molecule has 1 aromatic carbocycles. The van der Waals surface area contributed by atoms with Crippen molar-refractivity contribution < 1.29 is 23.0 Å². The Balaban J connectivity index is 2.81. The third kappa shape index (κ3) is 4.86. The number of benzene rings is 1. The summed E-state index contributed by atoms with van der Waals surface area (Å²) in [6.45, 7) is 1.96. The largest absolute Gasteiger partial charge is 0.573 e. The second kappa shape index (κ2) is 6.43. The van der Waals surface area contributed by atoms with Crippen molar-refractivity contribution in [1.82, 2.24) is 0 Å². The van der Waals surface area contributed by atoms with Gasteiger partial charge in [0.15, 0.2) is 0 Å². The van der Waals surface area contributed by atoms with Gasteiger partial charge in [0.25, 0.3) is 0 Å². The highest BCUT2D eigenvalue weighted by Crippen LogP contribution is 2.30. The van der Waals surface area contributed by atoms with Crippen LogP contribution in [0.5, 0.6) is 5.75 Å². The summed E-state index contributed by atoms with van der Waals surface area (Å²) in [6.07, 6.45) is -3.99. The Bertz CT molecular complexity index is 382. The third-order valence-corrected chi connectivity index (χ3v) is 3.30. The van der Waals surface area contributed by atoms with Crippen LogP contribution in [0.4, 0.5) is 13.2 Å². The second-order valence-corrected chi connectivity index (χ2v) is 5.05. The van der Waals surface area contributed by atoms with Crippen molar-refractivity contribution in [3.05, 3.63) is 29.8 Å². The zero-order valence-corrected chi connectivity index (χ0v) is 11.3. The number of halogens is 4. The molecule has 0 saturated heterocycles. The van der Waals surface area contributed by atoms with Crippen LogP contribution in [0.3, 0.4) is 0 Å². The summed E-state index contributed by atoms with van der Waals surface area (Å²) >= 11 is 3.31. The molecule has 1 aromatic rings. The molecule has 1 rings (SSSR count). The van der Waals surface area contributed by atoms with Gasteiger partial charge in [0.1, 0.15) is 5.75 Å². The maximum Gasteiger partial charge on any atom is 0.573 e. The Morgan fingerprint density at radius 1 is 1.39 bits per heavy atom. The number of hydrogen-bond acceptors (Lipinski definition) is 2. The normalized spacial score (nSPS) is 15.2. The van der Waals surface area contributed by atoms with Crippen LogP contribution in [0.1, 0.15) is 31.4 Å². The molecule has 102 valence electrons. The van der Waals surface area contributed by atoms with Crippen molar-refractivity contribution in [3.8, 4) is 5.75 Å². The lowest BCUT2D eigenvalue weighted by molar-refractivity contribution is -0.274. The van der Waals surface area contributed by atoms with Gasteiger partial charge in [-0.15, -0.1) is 13.2 Å². The van der Waals surface area contributed by atoms with E-state index in [1.54, 1.807) is 6.07 Å². The van der Waals surface area contributed by atoms with E-state index in [0.717, 1.165) is 12.8 Å². The molecule has 0 aliphatic carbocycles. The molecular weight excluding hydrogens is 313 g/mol. The summed E-state index contributed by atoms with van der Waals surface area (Å²) in [5.74, 6) is -0.324. The highest BCUT2D eigenvalue weighted by Gasteiger charge is 2.31. The first-order valence-electron chi connectivity index (χ1n) is 5.51. The van der Waals surface area contributed by atoms with E-state index in [9.17, 15) is 18.3 Å². The number of alkyl halides is 4. The molecule has 0 aliphatic heterocycles. The first-order valence-corrected chi connectivity index (χ1v) is 6.43. The molecule has 0 fully saturated rings. The predicted octanol–water partition coefficient (Wildman–Crippen LogP) is 4.18. The highest BCUT2D eigenvalue weighted by molar-refractivity contribution is 9.09. The Kier molecular flexibility index (Phi) is 5.47. The predicted molar refractivity (Wildman–Crippen MR) is 65.7 cm³/mol. The molecule has 0 amide bonds. The molecule has 0 bridgehead atoms. The van der Waals surface area contributed by atoms with Crippen LogP contribution in [-0.2, 0) is 0 Å². The van der Waals surface area contributed by atoms with Crippen molar-refractivity contribution in [2.75, 3.05) is 0 Å².